The third kappa shape index (κ3) is 3.53. The molecule has 0 radical (unpaired) electrons. The molecule has 116 valence electrons. The Labute approximate surface area is 125 Å². The van der Waals surface area contributed by atoms with Gasteiger partial charge in [0.05, 0.1) is 0 Å². The summed E-state index contributed by atoms with van der Waals surface area (Å²) in [5.41, 5.74) is 6.28. The first-order chi connectivity index (χ1) is 9.82. The molecule has 1 amide bonds. The van der Waals surface area contributed by atoms with Crippen LogP contribution in [-0.4, -0.2) is 35.5 Å². The molecule has 21 heavy (non-hydrogen) atoms. The largest absolute Gasteiger partial charge is 0.371 e. The zero-order chi connectivity index (χ0) is 15.6. The van der Waals surface area contributed by atoms with E-state index in [1.165, 1.54) is 12.1 Å². The average molecular weight is 293 g/mol. The first-order valence-corrected chi connectivity index (χ1v) is 7.42. The Morgan fingerprint density at radius 3 is 2.43 bits per heavy atom. The number of benzene rings is 1. The average Bonchev–Trinajstić information content (AvgIpc) is 2.37. The quantitative estimate of drug-likeness (QED) is 0.895. The normalized spacial score (nSPS) is 18.7. The first-order valence-electron chi connectivity index (χ1n) is 7.42. The number of rotatable bonds is 4. The van der Waals surface area contributed by atoms with Gasteiger partial charge in [0.15, 0.2) is 0 Å². The van der Waals surface area contributed by atoms with Crippen LogP contribution < -0.4 is 11.1 Å². The Kier molecular flexibility index (Phi) is 4.52. The molecular weight excluding hydrogens is 269 g/mol. The maximum Gasteiger partial charge on any atom is 0.243 e. The van der Waals surface area contributed by atoms with Crippen LogP contribution in [0.2, 0.25) is 0 Å². The SMILES string of the molecule is Cc1cc(F)cc(NC2(C(N)=O)CCN(C(C)C)CC2)c1. The number of halogens is 1. The highest BCUT2D eigenvalue weighted by Crippen LogP contribution is 2.28. The van der Waals surface area contributed by atoms with E-state index in [-0.39, 0.29) is 11.7 Å². The predicted octanol–water partition coefficient (Wildman–Crippen LogP) is 2.27. The fourth-order valence-corrected chi connectivity index (χ4v) is 2.94. The number of anilines is 1. The van der Waals surface area contributed by atoms with Gasteiger partial charge in [-0.1, -0.05) is 0 Å². The fraction of sp³-hybridized carbons (Fsp3) is 0.562. The number of piperidine rings is 1. The number of amides is 1. The van der Waals surface area contributed by atoms with Gasteiger partial charge in [0, 0.05) is 24.8 Å². The molecule has 3 N–H and O–H groups in total. The van der Waals surface area contributed by atoms with Crippen molar-refractivity contribution >= 4 is 11.6 Å². The van der Waals surface area contributed by atoms with Gasteiger partial charge in [-0.25, -0.2) is 4.39 Å². The van der Waals surface area contributed by atoms with E-state index in [4.69, 9.17) is 5.73 Å². The molecule has 5 heteroatoms. The van der Waals surface area contributed by atoms with Crippen molar-refractivity contribution in [3.63, 3.8) is 0 Å². The lowest BCUT2D eigenvalue weighted by atomic mass is 9.85. The van der Waals surface area contributed by atoms with E-state index in [2.05, 4.69) is 24.1 Å². The summed E-state index contributed by atoms with van der Waals surface area (Å²) in [5, 5.41) is 3.19. The lowest BCUT2D eigenvalue weighted by Crippen LogP contribution is -2.58. The summed E-state index contributed by atoms with van der Waals surface area (Å²) in [7, 11) is 0. The molecule has 0 aliphatic carbocycles. The summed E-state index contributed by atoms with van der Waals surface area (Å²) >= 11 is 0. The molecule has 1 aliphatic rings. The second-order valence-corrected chi connectivity index (χ2v) is 6.22. The molecule has 4 nitrogen and oxygen atoms in total. The number of carbonyl (C=O) groups excluding carboxylic acids is 1. The van der Waals surface area contributed by atoms with Crippen molar-refractivity contribution in [3.8, 4) is 0 Å². The zero-order valence-corrected chi connectivity index (χ0v) is 12.9. The summed E-state index contributed by atoms with van der Waals surface area (Å²) in [6.07, 6.45) is 1.27. The summed E-state index contributed by atoms with van der Waals surface area (Å²) in [4.78, 5) is 14.3. The third-order valence-corrected chi connectivity index (χ3v) is 4.28. The lowest BCUT2D eigenvalue weighted by Gasteiger charge is -2.42. The van der Waals surface area contributed by atoms with Gasteiger partial charge in [0.2, 0.25) is 5.91 Å². The summed E-state index contributed by atoms with van der Waals surface area (Å²) in [6, 6.07) is 5.16. The van der Waals surface area contributed by atoms with Crippen LogP contribution in [0.4, 0.5) is 10.1 Å². The molecular formula is C16H24FN3O. The smallest absolute Gasteiger partial charge is 0.243 e. The molecule has 0 atom stereocenters. The molecule has 1 saturated heterocycles. The van der Waals surface area contributed by atoms with Crippen LogP contribution in [0.3, 0.4) is 0 Å². The summed E-state index contributed by atoms with van der Waals surface area (Å²) < 4.78 is 13.5. The van der Waals surface area contributed by atoms with E-state index in [9.17, 15) is 9.18 Å². The Balaban J connectivity index is 2.18. The van der Waals surface area contributed by atoms with Gasteiger partial charge in [-0.15, -0.1) is 0 Å². The second-order valence-electron chi connectivity index (χ2n) is 6.22. The molecule has 2 rings (SSSR count). The van der Waals surface area contributed by atoms with E-state index in [1.807, 2.05) is 13.0 Å². The molecule has 0 spiro atoms. The van der Waals surface area contributed by atoms with Crippen molar-refractivity contribution in [1.82, 2.24) is 4.90 Å². The van der Waals surface area contributed by atoms with E-state index in [0.717, 1.165) is 18.7 Å². The van der Waals surface area contributed by atoms with Crippen molar-refractivity contribution in [2.24, 2.45) is 5.73 Å². The maximum absolute atomic E-state index is 13.5. The summed E-state index contributed by atoms with van der Waals surface area (Å²) in [6.45, 7) is 7.72. The first kappa shape index (κ1) is 15.8. The standard InChI is InChI=1S/C16H24FN3O/c1-11(2)20-6-4-16(5-7-20,15(18)21)19-14-9-12(3)8-13(17)10-14/h8-11,19H,4-7H2,1-3H3,(H2,18,21). The van der Waals surface area contributed by atoms with Crippen LogP contribution in [0, 0.1) is 12.7 Å². The number of likely N-dealkylation sites (tertiary alicyclic amines) is 1. The molecule has 1 aliphatic heterocycles. The fourth-order valence-electron chi connectivity index (χ4n) is 2.94. The highest BCUT2D eigenvalue weighted by molar-refractivity contribution is 5.88. The van der Waals surface area contributed by atoms with Gasteiger partial charge in [0.25, 0.3) is 0 Å². The molecule has 1 aromatic rings. The molecule has 0 unspecified atom stereocenters. The number of aryl methyl sites for hydroxylation is 1. The van der Waals surface area contributed by atoms with Gasteiger partial charge < -0.3 is 16.0 Å². The number of nitrogens with two attached hydrogens (primary N) is 1. The maximum atomic E-state index is 13.5. The van der Waals surface area contributed by atoms with Crippen molar-refractivity contribution in [1.29, 1.82) is 0 Å². The van der Waals surface area contributed by atoms with Crippen LogP contribution in [0.5, 0.6) is 0 Å². The van der Waals surface area contributed by atoms with Crippen molar-refractivity contribution in [3.05, 3.63) is 29.6 Å². The number of hydrogen-bond donors (Lipinski definition) is 2. The minimum atomic E-state index is -0.786. The Hall–Kier alpha value is -1.62. The Morgan fingerprint density at radius 2 is 1.95 bits per heavy atom. The number of nitrogens with one attached hydrogen (secondary N) is 1. The van der Waals surface area contributed by atoms with Crippen molar-refractivity contribution in [2.45, 2.75) is 45.2 Å². The van der Waals surface area contributed by atoms with E-state index in [0.29, 0.717) is 24.6 Å². The molecule has 1 heterocycles. The minimum Gasteiger partial charge on any atom is -0.371 e. The molecule has 0 aromatic heterocycles. The van der Waals surface area contributed by atoms with Gasteiger partial charge in [-0.05, 0) is 57.4 Å². The molecule has 0 saturated carbocycles. The van der Waals surface area contributed by atoms with Gasteiger partial charge in [-0.2, -0.15) is 0 Å². The number of carbonyl (C=O) groups is 1. The topological polar surface area (TPSA) is 58.4 Å². The van der Waals surface area contributed by atoms with Gasteiger partial charge in [0.1, 0.15) is 11.4 Å². The van der Waals surface area contributed by atoms with Crippen LogP contribution in [0.25, 0.3) is 0 Å². The number of primary amides is 1. The van der Waals surface area contributed by atoms with Crippen LogP contribution >= 0.6 is 0 Å². The Bertz CT molecular complexity index is 502. The highest BCUT2D eigenvalue weighted by Gasteiger charge is 2.40. The van der Waals surface area contributed by atoms with Gasteiger partial charge in [-0.3, -0.25) is 4.79 Å². The van der Waals surface area contributed by atoms with E-state index in [1.54, 1.807) is 0 Å². The summed E-state index contributed by atoms with van der Waals surface area (Å²) in [5.74, 6) is -0.676. The van der Waals surface area contributed by atoms with Crippen molar-refractivity contribution in [2.75, 3.05) is 18.4 Å². The molecule has 1 aromatic carbocycles. The van der Waals surface area contributed by atoms with Crippen LogP contribution in [0.1, 0.15) is 32.3 Å². The predicted molar refractivity (Wildman–Crippen MR) is 82.6 cm³/mol. The molecule has 0 bridgehead atoms. The Morgan fingerprint density at radius 1 is 1.33 bits per heavy atom. The van der Waals surface area contributed by atoms with E-state index >= 15 is 0 Å². The van der Waals surface area contributed by atoms with Gasteiger partial charge >= 0.3 is 0 Å². The minimum absolute atomic E-state index is 0.309. The number of nitrogens with zero attached hydrogens (tertiary/aromatic N) is 1. The highest BCUT2D eigenvalue weighted by atomic mass is 19.1. The monoisotopic (exact) mass is 293 g/mol. The van der Waals surface area contributed by atoms with Crippen LogP contribution in [-0.2, 0) is 4.79 Å². The van der Waals surface area contributed by atoms with Crippen LogP contribution in [0.15, 0.2) is 18.2 Å². The number of hydrogen-bond acceptors (Lipinski definition) is 3. The molecule has 1 fully saturated rings. The zero-order valence-electron chi connectivity index (χ0n) is 12.9. The van der Waals surface area contributed by atoms with E-state index < -0.39 is 5.54 Å². The second kappa shape index (κ2) is 6.02. The van der Waals surface area contributed by atoms with Crippen molar-refractivity contribution < 1.29 is 9.18 Å². The lowest BCUT2D eigenvalue weighted by molar-refractivity contribution is -0.124. The third-order valence-electron chi connectivity index (χ3n) is 4.28.